The van der Waals surface area contributed by atoms with Crippen LogP contribution in [0.25, 0.3) is 43.3 Å². The Morgan fingerprint density at radius 2 is 0.748 bits per heavy atom. The molecule has 7 aromatic carbocycles. The number of aromatic nitrogens is 3. The average Bonchev–Trinajstić information content (AvgIpc) is 1.70. The molecule has 11 nitrogen and oxygen atoms in total. The number of para-hydroxylation sites is 1. The van der Waals surface area contributed by atoms with Crippen molar-refractivity contribution in [3.8, 4) is 0 Å². The van der Waals surface area contributed by atoms with Crippen molar-refractivity contribution in [2.24, 2.45) is 0 Å². The molecule has 4 fully saturated rings. The third-order valence-corrected chi connectivity index (χ3v) is 15.4. The van der Waals surface area contributed by atoms with Gasteiger partial charge >= 0.3 is 0 Å². The summed E-state index contributed by atoms with van der Waals surface area (Å²) in [6, 6.07) is 70.0. The van der Waals surface area contributed by atoms with E-state index >= 15 is 0 Å². The van der Waals surface area contributed by atoms with Crippen molar-refractivity contribution in [1.29, 1.82) is 0 Å². The number of aryl methyl sites for hydroxylation is 2. The number of pyridine rings is 3. The first-order valence-electron chi connectivity index (χ1n) is 40.9. The predicted molar refractivity (Wildman–Crippen MR) is 499 cm³/mol. The van der Waals surface area contributed by atoms with Crippen molar-refractivity contribution in [2.45, 2.75) is 190 Å². The number of rotatable bonds is 4. The molecule has 2 radical (unpaired) electrons. The fourth-order valence-electron chi connectivity index (χ4n) is 10.8. The summed E-state index contributed by atoms with van der Waals surface area (Å²) in [7, 11) is 0. The van der Waals surface area contributed by atoms with Crippen LogP contribution in [0, 0.1) is 27.7 Å². The second-order valence-electron chi connectivity index (χ2n) is 22.0. The largest absolute Gasteiger partial charge is 0.659 e. The molecule has 0 spiro atoms. The Morgan fingerprint density at radius 1 is 0.387 bits per heavy atom. The Balaban J connectivity index is -0.000000278. The molecule has 3 aliphatic heterocycles. The van der Waals surface area contributed by atoms with Gasteiger partial charge in [-0.3, -0.25) is 24.5 Å². The van der Waals surface area contributed by atoms with Crippen molar-refractivity contribution >= 4 is 85.3 Å². The SMILES string of the molecule is CC.CC.CC.CC.CC.CC.CC.CC.CC.CC.Cc1ccccc1.I.O=C1C=CCC1.O=C1CCC(c2ccccc2)C1.[CH2-]c1cccc(C)c1.[CH2-]c1ccccc1.[Y].[Y].c1cc(N2CC[N-]CC2)c2cccnc2c1.c1cc(N2CC[N-]CC2)c2cccnc2c1.c1ccc2c(N3CCNCC3)ccnc2c1. The number of piperazine rings is 3. The molecule has 10 aromatic rings. The van der Waals surface area contributed by atoms with Gasteiger partial charge in [0.05, 0.1) is 16.6 Å². The van der Waals surface area contributed by atoms with E-state index in [0.29, 0.717) is 11.7 Å². The van der Waals surface area contributed by atoms with Gasteiger partial charge in [-0.25, -0.2) is 0 Å². The summed E-state index contributed by atoms with van der Waals surface area (Å²) in [5.74, 6) is 1.19. The Hall–Kier alpha value is -6.19. The molecule has 15 rings (SSSR count). The number of Topliss-reactive ketones (excluding diaryl/α,β-unsaturated/α-hetero) is 1. The van der Waals surface area contributed by atoms with Crippen LogP contribution >= 0.6 is 24.0 Å². The van der Waals surface area contributed by atoms with Crippen LogP contribution in [0.3, 0.4) is 0 Å². The fourth-order valence-corrected chi connectivity index (χ4v) is 10.8. The van der Waals surface area contributed by atoms with E-state index in [1.54, 1.807) is 6.08 Å². The molecule has 1 saturated carbocycles. The van der Waals surface area contributed by atoms with Crippen LogP contribution in [0.5, 0.6) is 0 Å². The first kappa shape index (κ1) is 116. The van der Waals surface area contributed by atoms with Gasteiger partial charge in [0.15, 0.2) is 5.78 Å². The molecular weight excluding hydrogens is 1630 g/mol. The minimum Gasteiger partial charge on any atom is -0.659 e. The Morgan fingerprint density at radius 3 is 1.10 bits per heavy atom. The number of halogens is 1. The van der Waals surface area contributed by atoms with E-state index < -0.39 is 0 Å². The van der Waals surface area contributed by atoms with Crippen molar-refractivity contribution in [2.75, 3.05) is 93.2 Å². The zero-order valence-corrected chi connectivity index (χ0v) is 81.0. The van der Waals surface area contributed by atoms with E-state index in [4.69, 9.17) is 0 Å². The number of anilines is 3. The van der Waals surface area contributed by atoms with Gasteiger partial charge < -0.3 is 30.7 Å². The number of nitrogens with zero attached hydrogens (tertiary/aromatic N) is 8. The van der Waals surface area contributed by atoms with Gasteiger partial charge in [0.2, 0.25) is 0 Å². The molecule has 1 N–H and O–H groups in total. The smallest absolute Gasteiger partial charge is 0.155 e. The number of fused-ring (bicyclic) bond motifs is 3. The predicted octanol–water partition coefficient (Wildman–Crippen LogP) is 26.8. The van der Waals surface area contributed by atoms with Crippen LogP contribution in [0.15, 0.2) is 237 Å². The van der Waals surface area contributed by atoms with Crippen LogP contribution in [0.2, 0.25) is 0 Å². The number of nitrogens with one attached hydrogen (secondary N) is 1. The van der Waals surface area contributed by atoms with E-state index in [0.717, 1.165) is 138 Å². The topological polar surface area (TPSA) is 123 Å². The van der Waals surface area contributed by atoms with E-state index in [9.17, 15) is 9.59 Å². The van der Waals surface area contributed by atoms with Crippen LogP contribution in [-0.2, 0) is 75.0 Å². The van der Waals surface area contributed by atoms with Gasteiger partial charge in [-0.1, -0.05) is 260 Å². The molecule has 14 heteroatoms. The van der Waals surface area contributed by atoms with Gasteiger partial charge in [-0.05, 0) is 124 Å². The third-order valence-electron chi connectivity index (χ3n) is 15.4. The summed E-state index contributed by atoms with van der Waals surface area (Å²) in [5, 5.41) is 15.9. The second kappa shape index (κ2) is 81.8. The molecule has 0 amide bonds. The monoisotopic (exact) mass is 1770 g/mol. The number of benzene rings is 7. The molecular formula is C97H146IN9O2Y2-4. The van der Waals surface area contributed by atoms with E-state index in [1.165, 1.54) is 49.9 Å². The van der Waals surface area contributed by atoms with Crippen molar-refractivity contribution in [3.05, 3.63) is 289 Å². The molecule has 0 bridgehead atoms. The first-order valence-corrected chi connectivity index (χ1v) is 40.9. The van der Waals surface area contributed by atoms with Crippen molar-refractivity contribution < 1.29 is 75.0 Å². The molecule has 1 atom stereocenters. The van der Waals surface area contributed by atoms with Crippen molar-refractivity contribution in [1.82, 2.24) is 20.3 Å². The summed E-state index contributed by atoms with van der Waals surface area (Å²) in [6.45, 7) is 63.8. The number of carbonyl (C=O) groups is 2. The molecule has 111 heavy (non-hydrogen) atoms. The summed E-state index contributed by atoms with van der Waals surface area (Å²) in [4.78, 5) is 41.6. The summed E-state index contributed by atoms with van der Waals surface area (Å²) < 4.78 is 0. The van der Waals surface area contributed by atoms with Gasteiger partial charge in [-0.15, -0.1) is 73.9 Å². The molecule has 3 saturated heterocycles. The third kappa shape index (κ3) is 49.9. The maximum absolute atomic E-state index is 11.0. The Labute approximate surface area is 746 Å². The van der Waals surface area contributed by atoms with E-state index in [2.05, 4.69) is 182 Å². The minimum absolute atomic E-state index is 0. The fraction of sp³-hybridized carbons (Fsp3) is 0.412. The molecule has 6 heterocycles. The molecule has 1 unspecified atom stereocenters. The van der Waals surface area contributed by atoms with Crippen molar-refractivity contribution in [3.63, 3.8) is 0 Å². The maximum atomic E-state index is 11.0. The maximum Gasteiger partial charge on any atom is 0.155 e. The van der Waals surface area contributed by atoms with Gasteiger partial charge in [0, 0.05) is 163 Å². The summed E-state index contributed by atoms with van der Waals surface area (Å²) in [6.07, 6.45) is 13.4. The molecule has 3 aromatic heterocycles. The van der Waals surface area contributed by atoms with Gasteiger partial charge in [0.25, 0.3) is 0 Å². The van der Waals surface area contributed by atoms with Crippen LogP contribution in [0.4, 0.5) is 17.1 Å². The van der Waals surface area contributed by atoms with E-state index in [-0.39, 0.29) is 95.2 Å². The van der Waals surface area contributed by atoms with Crippen LogP contribution in [-0.4, -0.2) is 105 Å². The summed E-state index contributed by atoms with van der Waals surface area (Å²) >= 11 is 0. The van der Waals surface area contributed by atoms with Gasteiger partial charge in [0.1, 0.15) is 5.78 Å². The van der Waals surface area contributed by atoms with E-state index in [1.807, 2.05) is 260 Å². The zero-order chi connectivity index (χ0) is 81.4. The van der Waals surface area contributed by atoms with Crippen LogP contribution < -0.4 is 20.0 Å². The van der Waals surface area contributed by atoms with Gasteiger partial charge in [-0.2, -0.15) is 49.2 Å². The summed E-state index contributed by atoms with van der Waals surface area (Å²) in [5.41, 5.74) is 13.2. The number of ketones is 2. The first-order chi connectivity index (χ1) is 53.2. The quantitative estimate of drug-likeness (QED) is 0.136. The number of hydrogen-bond acceptors (Lipinski definition) is 9. The normalized spacial score (nSPS) is 13.0. The number of hydrogen-bond donors (Lipinski definition) is 1. The number of allylic oxidation sites excluding steroid dienone is 2. The van der Waals surface area contributed by atoms with Crippen LogP contribution in [0.1, 0.15) is 204 Å². The molecule has 608 valence electrons. The minimum atomic E-state index is 0. The number of carbonyl (C=O) groups excluding carboxylic acids is 2. The Bertz CT molecular complexity index is 3410. The Kier molecular flexibility index (Phi) is 85.3. The standard InChI is InChI=1S/2C13H14N3.C13H15N3.C11H12O.C8H9.C7H8.C7H7.C5H6O.10C2H6.HI.2Y/c2*1-4-12-11(3-2-6-15-12)13(5-1)16-9-7-14-8-10-16;1-2-4-12-11(3-1)13(5-6-15-12)16-9-7-14-8-10-16;12-11-7-6-10(8-11)9-4-2-1-3-5-9;1-7-4-3-5-8(2)6-7;2*1-7-5-3-2-4-6-7;6-5-3-1-2-4-5;10*1-2;;;/h2*1-6H,7-10H2;1-6,14H,7-10H2;1-5,10H,6-8H2;3-6H,1H2,2H3;2-6H,1H3;2-6H,1H2;1,3H,2,4H2;10*1-2H3;1H;;/q2*-1;;;-1;;-1;;;;;;;;;;;;;;. The molecule has 2 aliphatic carbocycles. The second-order valence-corrected chi connectivity index (χ2v) is 22.0. The molecule has 5 aliphatic rings. The average molecular weight is 1780 g/mol. The zero-order valence-electron chi connectivity index (χ0n) is 73.0.